The second-order valence-electron chi connectivity index (χ2n) is 2.27. The van der Waals surface area contributed by atoms with Crippen molar-refractivity contribution < 1.29 is 0 Å². The van der Waals surface area contributed by atoms with Gasteiger partial charge in [0.2, 0.25) is 5.16 Å². The van der Waals surface area contributed by atoms with Crippen LogP contribution < -0.4 is 0 Å². The molecule has 12 heavy (non-hydrogen) atoms. The third-order valence-corrected chi connectivity index (χ3v) is 2.46. The van der Waals surface area contributed by atoms with Gasteiger partial charge in [0.15, 0.2) is 0 Å². The van der Waals surface area contributed by atoms with Crippen LogP contribution in [0.2, 0.25) is 0 Å². The van der Waals surface area contributed by atoms with Crippen LogP contribution in [0.4, 0.5) is 0 Å². The molecule has 0 unspecified atom stereocenters. The number of hydrogen-bond donors (Lipinski definition) is 0. The highest BCUT2D eigenvalue weighted by atomic mass is 79.9. The van der Waals surface area contributed by atoms with E-state index in [2.05, 4.69) is 26.0 Å². The molecule has 2 rings (SSSR count). The molecule has 0 aliphatic rings. The number of aromatic nitrogens is 3. The maximum Gasteiger partial charge on any atom is 0.207 e. The summed E-state index contributed by atoms with van der Waals surface area (Å²) in [5.74, 6) is 0. The van der Waals surface area contributed by atoms with E-state index in [-0.39, 0.29) is 0 Å². The van der Waals surface area contributed by atoms with E-state index < -0.39 is 0 Å². The first-order valence-electron chi connectivity index (χ1n) is 3.34. The van der Waals surface area contributed by atoms with Gasteiger partial charge in [-0.15, -0.1) is 5.10 Å². The Hall–Kier alpha value is -0.550. The highest BCUT2D eigenvalue weighted by Gasteiger charge is 1.99. The highest BCUT2D eigenvalue weighted by molar-refractivity contribution is 9.10. The van der Waals surface area contributed by atoms with Crippen molar-refractivity contribution in [3.63, 3.8) is 0 Å². The minimum Gasteiger partial charge on any atom is -0.236 e. The van der Waals surface area contributed by atoms with Crippen molar-refractivity contribution in [1.29, 1.82) is 0 Å². The summed E-state index contributed by atoms with van der Waals surface area (Å²) >= 11 is 4.91. The van der Waals surface area contributed by atoms with Gasteiger partial charge >= 0.3 is 0 Å². The van der Waals surface area contributed by atoms with Crippen LogP contribution in [-0.4, -0.2) is 20.9 Å². The molecule has 62 valence electrons. The maximum atomic E-state index is 4.25. The van der Waals surface area contributed by atoms with Gasteiger partial charge in [-0.25, -0.2) is 9.50 Å². The van der Waals surface area contributed by atoms with Crippen LogP contribution in [0.25, 0.3) is 5.52 Å². The molecule has 2 aromatic heterocycles. The molecule has 0 atom stereocenters. The predicted octanol–water partition coefficient (Wildman–Crippen LogP) is 2.21. The molecule has 0 aliphatic heterocycles. The molecule has 0 spiro atoms. The Morgan fingerprint density at radius 1 is 1.58 bits per heavy atom. The monoisotopic (exact) mass is 243 g/mol. The Bertz CT molecular complexity index is 412. The first kappa shape index (κ1) is 8.07. The Morgan fingerprint density at radius 3 is 3.17 bits per heavy atom. The largest absolute Gasteiger partial charge is 0.236 e. The Balaban J connectivity index is 2.66. The quantitative estimate of drug-likeness (QED) is 0.720. The second kappa shape index (κ2) is 3.06. The van der Waals surface area contributed by atoms with E-state index in [1.807, 2.05) is 29.2 Å². The Labute approximate surface area is 82.3 Å². The fraction of sp³-hybridized carbons (Fsp3) is 0.143. The van der Waals surface area contributed by atoms with Crippen molar-refractivity contribution in [3.8, 4) is 0 Å². The molecule has 0 aliphatic carbocycles. The van der Waals surface area contributed by atoms with E-state index in [0.717, 1.165) is 15.1 Å². The van der Waals surface area contributed by atoms with Gasteiger partial charge in [0.25, 0.3) is 0 Å². The lowest BCUT2D eigenvalue weighted by Crippen LogP contribution is -1.93. The van der Waals surface area contributed by atoms with Crippen molar-refractivity contribution in [2.24, 2.45) is 0 Å². The van der Waals surface area contributed by atoms with Gasteiger partial charge in [-0.05, 0) is 28.3 Å². The smallest absolute Gasteiger partial charge is 0.207 e. The SMILES string of the molecule is CSc1ncc2cc(Br)cn2n1. The fourth-order valence-corrected chi connectivity index (χ4v) is 1.71. The van der Waals surface area contributed by atoms with Gasteiger partial charge in [0.05, 0.1) is 11.7 Å². The molecule has 0 radical (unpaired) electrons. The van der Waals surface area contributed by atoms with Crippen LogP contribution >= 0.6 is 27.7 Å². The lowest BCUT2D eigenvalue weighted by Gasteiger charge is -1.94. The standard InChI is InChI=1S/C7H6BrN3S/c1-12-7-9-3-6-2-5(8)4-11(6)10-7/h2-4H,1H3. The van der Waals surface area contributed by atoms with Crippen LogP contribution in [0.5, 0.6) is 0 Å². The van der Waals surface area contributed by atoms with Gasteiger partial charge < -0.3 is 0 Å². The van der Waals surface area contributed by atoms with Crippen LogP contribution in [0.1, 0.15) is 0 Å². The molecule has 2 heterocycles. The molecule has 0 aromatic carbocycles. The summed E-state index contributed by atoms with van der Waals surface area (Å²) in [6, 6.07) is 1.98. The van der Waals surface area contributed by atoms with E-state index in [0.29, 0.717) is 0 Å². The predicted molar refractivity (Wildman–Crippen MR) is 52.5 cm³/mol. The Morgan fingerprint density at radius 2 is 2.42 bits per heavy atom. The number of thioether (sulfide) groups is 1. The molecule has 5 heteroatoms. The molecule has 0 fully saturated rings. The molecule has 0 saturated heterocycles. The average molecular weight is 244 g/mol. The molecule has 0 amide bonds. The van der Waals surface area contributed by atoms with Crippen LogP contribution in [-0.2, 0) is 0 Å². The maximum absolute atomic E-state index is 4.25. The average Bonchev–Trinajstić information content (AvgIpc) is 2.43. The van der Waals surface area contributed by atoms with Crippen molar-refractivity contribution in [2.75, 3.05) is 6.26 Å². The molecular formula is C7H6BrN3S. The number of halogens is 1. The minimum atomic E-state index is 0.783. The van der Waals surface area contributed by atoms with Crippen molar-refractivity contribution >= 4 is 33.2 Å². The molecule has 0 bridgehead atoms. The summed E-state index contributed by atoms with van der Waals surface area (Å²) in [5, 5.41) is 5.04. The lowest BCUT2D eigenvalue weighted by molar-refractivity contribution is 0.798. The van der Waals surface area contributed by atoms with E-state index in [1.165, 1.54) is 11.8 Å². The van der Waals surface area contributed by atoms with Crippen LogP contribution in [0, 0.1) is 0 Å². The summed E-state index contributed by atoms with van der Waals surface area (Å²) < 4.78 is 2.83. The van der Waals surface area contributed by atoms with E-state index >= 15 is 0 Å². The van der Waals surface area contributed by atoms with Gasteiger partial charge in [0, 0.05) is 10.7 Å². The first-order valence-corrected chi connectivity index (χ1v) is 5.36. The Kier molecular flexibility index (Phi) is 2.06. The number of rotatable bonds is 1. The summed E-state index contributed by atoms with van der Waals surface area (Å²) in [6.45, 7) is 0. The highest BCUT2D eigenvalue weighted by Crippen LogP contribution is 2.15. The topological polar surface area (TPSA) is 30.2 Å². The normalized spacial score (nSPS) is 10.8. The van der Waals surface area contributed by atoms with Crippen molar-refractivity contribution in [1.82, 2.24) is 14.6 Å². The third-order valence-electron chi connectivity index (χ3n) is 1.48. The summed E-state index contributed by atoms with van der Waals surface area (Å²) in [5.41, 5.74) is 1.000. The number of nitrogens with zero attached hydrogens (tertiary/aromatic N) is 3. The van der Waals surface area contributed by atoms with Crippen molar-refractivity contribution in [2.45, 2.75) is 5.16 Å². The van der Waals surface area contributed by atoms with Gasteiger partial charge in [-0.2, -0.15) is 0 Å². The molecule has 0 saturated carbocycles. The van der Waals surface area contributed by atoms with E-state index in [4.69, 9.17) is 0 Å². The molecular weight excluding hydrogens is 238 g/mol. The minimum absolute atomic E-state index is 0.783. The zero-order chi connectivity index (χ0) is 8.55. The second-order valence-corrected chi connectivity index (χ2v) is 3.96. The van der Waals surface area contributed by atoms with E-state index in [9.17, 15) is 0 Å². The summed E-state index contributed by atoms with van der Waals surface area (Å²) in [4.78, 5) is 4.15. The molecule has 2 aromatic rings. The zero-order valence-electron chi connectivity index (χ0n) is 6.36. The summed E-state index contributed by atoms with van der Waals surface area (Å²) in [6.07, 6.45) is 5.68. The van der Waals surface area contributed by atoms with Gasteiger partial charge in [0.1, 0.15) is 0 Å². The molecule has 3 nitrogen and oxygen atoms in total. The third kappa shape index (κ3) is 1.34. The lowest BCUT2D eigenvalue weighted by atomic mass is 10.5. The van der Waals surface area contributed by atoms with Gasteiger partial charge in [-0.1, -0.05) is 11.8 Å². The van der Waals surface area contributed by atoms with Crippen LogP contribution in [0.15, 0.2) is 28.1 Å². The number of fused-ring (bicyclic) bond motifs is 1. The van der Waals surface area contributed by atoms with E-state index in [1.54, 1.807) is 0 Å². The van der Waals surface area contributed by atoms with Crippen molar-refractivity contribution in [3.05, 3.63) is 22.9 Å². The summed E-state index contributed by atoms with van der Waals surface area (Å²) in [7, 11) is 0. The number of hydrogen-bond acceptors (Lipinski definition) is 3. The molecule has 0 N–H and O–H groups in total. The van der Waals surface area contributed by atoms with Gasteiger partial charge in [-0.3, -0.25) is 0 Å². The fourth-order valence-electron chi connectivity index (χ4n) is 0.952. The first-order chi connectivity index (χ1) is 5.79. The zero-order valence-corrected chi connectivity index (χ0v) is 8.76. The van der Waals surface area contributed by atoms with Crippen LogP contribution in [0.3, 0.4) is 0 Å².